The molecule has 2 rings (SSSR count). The maximum Gasteiger partial charge on any atom is 0.139 e. The van der Waals surface area contributed by atoms with Gasteiger partial charge in [0.15, 0.2) is 0 Å². The Hall–Kier alpha value is -1.55. The molecule has 0 saturated heterocycles. The molecule has 4 heteroatoms. The molecule has 2 aromatic rings. The average Bonchev–Trinajstić information content (AvgIpc) is 2.67. The Balaban J connectivity index is 2.23. The first-order valence-electron chi connectivity index (χ1n) is 5.10. The van der Waals surface area contributed by atoms with Gasteiger partial charge >= 0.3 is 0 Å². The van der Waals surface area contributed by atoms with E-state index >= 15 is 0 Å². The highest BCUT2D eigenvalue weighted by Crippen LogP contribution is 2.22. The second-order valence-electron chi connectivity index (χ2n) is 3.61. The van der Waals surface area contributed by atoms with Crippen LogP contribution in [-0.4, -0.2) is 17.6 Å². The zero-order valence-corrected chi connectivity index (χ0v) is 8.73. The minimum Gasteiger partial charge on any atom is -0.464 e. The van der Waals surface area contributed by atoms with Crippen molar-refractivity contribution in [3.8, 4) is 0 Å². The van der Waals surface area contributed by atoms with Crippen molar-refractivity contribution in [2.45, 2.75) is 19.4 Å². The smallest absolute Gasteiger partial charge is 0.139 e. The van der Waals surface area contributed by atoms with Gasteiger partial charge in [-0.1, -0.05) is 0 Å². The Kier molecular flexibility index (Phi) is 2.87. The highest BCUT2D eigenvalue weighted by atomic mass is 16.3. The van der Waals surface area contributed by atoms with E-state index in [0.29, 0.717) is 12.6 Å². The quantitative estimate of drug-likeness (QED) is 0.801. The van der Waals surface area contributed by atoms with Gasteiger partial charge in [-0.15, -0.1) is 0 Å². The molecule has 1 atom stereocenters. The van der Waals surface area contributed by atoms with Crippen LogP contribution in [0.25, 0.3) is 11.0 Å². The number of aromatic nitrogens is 1. The van der Waals surface area contributed by atoms with Gasteiger partial charge in [0.1, 0.15) is 11.4 Å². The van der Waals surface area contributed by atoms with Gasteiger partial charge in [0.05, 0.1) is 11.6 Å². The molecule has 0 amide bonds. The number of fused-ring (bicyclic) bond motifs is 1. The van der Waals surface area contributed by atoms with E-state index in [2.05, 4.69) is 17.2 Å². The molecule has 0 fully saturated rings. The van der Waals surface area contributed by atoms with Crippen LogP contribution in [0.1, 0.15) is 13.3 Å². The third-order valence-corrected chi connectivity index (χ3v) is 2.36. The van der Waals surface area contributed by atoms with Crippen molar-refractivity contribution in [2.75, 3.05) is 11.9 Å². The lowest BCUT2D eigenvalue weighted by atomic mass is 10.2. The predicted molar refractivity (Wildman–Crippen MR) is 60.8 cm³/mol. The zero-order valence-electron chi connectivity index (χ0n) is 8.73. The highest BCUT2D eigenvalue weighted by Gasteiger charge is 2.07. The van der Waals surface area contributed by atoms with E-state index in [4.69, 9.17) is 10.2 Å². The minimum atomic E-state index is 0.322. The number of nitrogens with zero attached hydrogens (tertiary/aromatic N) is 1. The molecule has 0 aromatic carbocycles. The minimum absolute atomic E-state index is 0.322. The van der Waals surface area contributed by atoms with E-state index < -0.39 is 0 Å². The number of hydrogen-bond acceptors (Lipinski definition) is 4. The first-order chi connectivity index (χ1) is 7.31. The van der Waals surface area contributed by atoms with Gasteiger partial charge in [-0.2, -0.15) is 0 Å². The fourth-order valence-electron chi connectivity index (χ4n) is 1.57. The molecule has 2 aromatic heterocycles. The average molecular weight is 205 g/mol. The SMILES string of the molecule is CC(CCN)Nc1nccc2occc12. The lowest BCUT2D eigenvalue weighted by Gasteiger charge is -2.13. The highest BCUT2D eigenvalue weighted by molar-refractivity contribution is 5.87. The molecule has 0 bridgehead atoms. The molecule has 2 heterocycles. The lowest BCUT2D eigenvalue weighted by molar-refractivity contribution is 0.615. The van der Waals surface area contributed by atoms with Crippen LogP contribution >= 0.6 is 0 Å². The van der Waals surface area contributed by atoms with Crippen LogP contribution in [-0.2, 0) is 0 Å². The molecule has 0 spiro atoms. The van der Waals surface area contributed by atoms with Crippen molar-refractivity contribution in [1.29, 1.82) is 0 Å². The van der Waals surface area contributed by atoms with E-state index in [-0.39, 0.29) is 0 Å². The van der Waals surface area contributed by atoms with Gasteiger partial charge < -0.3 is 15.5 Å². The summed E-state index contributed by atoms with van der Waals surface area (Å²) in [4.78, 5) is 4.29. The zero-order chi connectivity index (χ0) is 10.7. The van der Waals surface area contributed by atoms with Gasteiger partial charge in [0.2, 0.25) is 0 Å². The predicted octanol–water partition coefficient (Wildman–Crippen LogP) is 1.98. The number of nitrogens with two attached hydrogens (primary N) is 1. The third kappa shape index (κ3) is 2.10. The van der Waals surface area contributed by atoms with Crippen molar-refractivity contribution in [3.63, 3.8) is 0 Å². The van der Waals surface area contributed by atoms with Crippen molar-refractivity contribution in [3.05, 3.63) is 24.6 Å². The number of anilines is 1. The summed E-state index contributed by atoms with van der Waals surface area (Å²) in [7, 11) is 0. The number of furan rings is 1. The standard InChI is InChI=1S/C11H15N3O/c1-8(2-5-12)14-11-9-4-7-15-10(9)3-6-13-11/h3-4,6-8H,2,5,12H2,1H3,(H,13,14). The van der Waals surface area contributed by atoms with Gasteiger partial charge in [0.25, 0.3) is 0 Å². The van der Waals surface area contributed by atoms with Crippen LogP contribution in [0.3, 0.4) is 0 Å². The molecule has 4 nitrogen and oxygen atoms in total. The van der Waals surface area contributed by atoms with Crippen LogP contribution in [0.15, 0.2) is 29.0 Å². The summed E-state index contributed by atoms with van der Waals surface area (Å²) in [5, 5.41) is 4.34. The van der Waals surface area contributed by atoms with E-state index in [0.717, 1.165) is 23.2 Å². The summed E-state index contributed by atoms with van der Waals surface area (Å²) in [5.74, 6) is 0.863. The topological polar surface area (TPSA) is 64.1 Å². The maximum atomic E-state index is 5.50. The molecule has 0 radical (unpaired) electrons. The summed E-state index contributed by atoms with van der Waals surface area (Å²) < 4.78 is 5.30. The van der Waals surface area contributed by atoms with Crippen molar-refractivity contribution in [1.82, 2.24) is 4.98 Å². The maximum absolute atomic E-state index is 5.50. The van der Waals surface area contributed by atoms with Gasteiger partial charge in [-0.25, -0.2) is 4.98 Å². The Morgan fingerprint density at radius 1 is 1.53 bits per heavy atom. The van der Waals surface area contributed by atoms with Gasteiger partial charge in [0, 0.05) is 12.2 Å². The molecule has 1 unspecified atom stereocenters. The van der Waals surface area contributed by atoms with Crippen LogP contribution in [0, 0.1) is 0 Å². The second kappa shape index (κ2) is 4.31. The molecule has 3 N–H and O–H groups in total. The van der Waals surface area contributed by atoms with E-state index in [1.807, 2.05) is 12.1 Å². The summed E-state index contributed by atoms with van der Waals surface area (Å²) in [5.41, 5.74) is 6.35. The van der Waals surface area contributed by atoms with Crippen LogP contribution in [0.2, 0.25) is 0 Å². The number of rotatable bonds is 4. The summed E-state index contributed by atoms with van der Waals surface area (Å²) in [6.45, 7) is 2.77. The fraction of sp³-hybridized carbons (Fsp3) is 0.364. The van der Waals surface area contributed by atoms with Crippen molar-refractivity contribution >= 4 is 16.8 Å². The molecule has 0 saturated carbocycles. The molecule has 80 valence electrons. The third-order valence-electron chi connectivity index (χ3n) is 2.36. The lowest BCUT2D eigenvalue weighted by Crippen LogP contribution is -2.20. The Morgan fingerprint density at radius 3 is 3.20 bits per heavy atom. The van der Waals surface area contributed by atoms with Crippen LogP contribution in [0.4, 0.5) is 5.82 Å². The molecule has 0 aliphatic rings. The van der Waals surface area contributed by atoms with Crippen LogP contribution in [0.5, 0.6) is 0 Å². The second-order valence-corrected chi connectivity index (χ2v) is 3.61. The summed E-state index contributed by atoms with van der Waals surface area (Å²) in [6, 6.07) is 4.09. The molecular weight excluding hydrogens is 190 g/mol. The molecule has 15 heavy (non-hydrogen) atoms. The van der Waals surface area contributed by atoms with Gasteiger partial charge in [-0.05, 0) is 32.0 Å². The first-order valence-corrected chi connectivity index (χ1v) is 5.10. The summed E-state index contributed by atoms with van der Waals surface area (Å²) >= 11 is 0. The molecule has 0 aliphatic carbocycles. The number of hydrogen-bond donors (Lipinski definition) is 2. The van der Waals surface area contributed by atoms with Gasteiger partial charge in [-0.3, -0.25) is 0 Å². The largest absolute Gasteiger partial charge is 0.464 e. The van der Waals surface area contributed by atoms with Crippen molar-refractivity contribution in [2.24, 2.45) is 5.73 Å². The Bertz CT molecular complexity index is 438. The molecular formula is C11H15N3O. The Morgan fingerprint density at radius 2 is 2.40 bits per heavy atom. The summed E-state index contributed by atoms with van der Waals surface area (Å²) in [6.07, 6.45) is 4.34. The normalized spacial score (nSPS) is 12.9. The monoisotopic (exact) mass is 205 g/mol. The number of pyridine rings is 1. The Labute approximate surface area is 88.5 Å². The number of nitrogens with one attached hydrogen (secondary N) is 1. The van der Waals surface area contributed by atoms with Crippen molar-refractivity contribution < 1.29 is 4.42 Å². The van der Waals surface area contributed by atoms with E-state index in [9.17, 15) is 0 Å². The molecule has 0 aliphatic heterocycles. The van der Waals surface area contributed by atoms with Crippen LogP contribution < -0.4 is 11.1 Å². The first kappa shape index (κ1) is 9.98. The fourth-order valence-corrected chi connectivity index (χ4v) is 1.57. The van der Waals surface area contributed by atoms with E-state index in [1.54, 1.807) is 12.5 Å². The van der Waals surface area contributed by atoms with E-state index in [1.165, 1.54) is 0 Å².